The van der Waals surface area contributed by atoms with Gasteiger partial charge in [-0.25, -0.2) is 8.42 Å². The maximum atomic E-state index is 12.1. The first kappa shape index (κ1) is 19.7. The second-order valence-corrected chi connectivity index (χ2v) is 8.07. The molecule has 7 nitrogen and oxygen atoms in total. The molecule has 0 spiro atoms. The maximum absolute atomic E-state index is 12.1. The molecule has 0 atom stereocenters. The van der Waals surface area contributed by atoms with Gasteiger partial charge in [-0.1, -0.05) is 18.2 Å². The van der Waals surface area contributed by atoms with Crippen LogP contribution in [0.15, 0.2) is 24.3 Å². The van der Waals surface area contributed by atoms with Gasteiger partial charge in [-0.15, -0.1) is 0 Å². The Labute approximate surface area is 149 Å². The van der Waals surface area contributed by atoms with E-state index in [-0.39, 0.29) is 31.5 Å². The lowest BCUT2D eigenvalue weighted by Crippen LogP contribution is -2.40. The first-order valence-electron chi connectivity index (χ1n) is 8.34. The molecule has 1 aliphatic rings. The third kappa shape index (κ3) is 5.98. The Balaban J connectivity index is 1.93. The Hall–Kier alpha value is -1.64. The molecule has 0 aliphatic carbocycles. The van der Waals surface area contributed by atoms with Crippen molar-refractivity contribution >= 4 is 15.9 Å². The highest BCUT2D eigenvalue weighted by Crippen LogP contribution is 2.20. The normalized spacial score (nSPS) is 16.0. The largest absolute Gasteiger partial charge is 0.496 e. The highest BCUT2D eigenvalue weighted by Gasteiger charge is 2.23. The Bertz CT molecular complexity index is 671. The Kier molecular flexibility index (Phi) is 7.22. The average Bonchev–Trinajstić information content (AvgIpc) is 2.61. The fraction of sp³-hybridized carbons (Fsp3) is 0.588. The minimum absolute atomic E-state index is 0.0333. The number of nitrogens with zero attached hydrogens (tertiary/aromatic N) is 1. The number of para-hydroxylation sites is 1. The van der Waals surface area contributed by atoms with E-state index in [1.807, 2.05) is 18.2 Å². The van der Waals surface area contributed by atoms with Crippen molar-refractivity contribution in [2.75, 3.05) is 39.7 Å². The van der Waals surface area contributed by atoms with Crippen molar-refractivity contribution in [2.24, 2.45) is 5.92 Å². The van der Waals surface area contributed by atoms with Gasteiger partial charge >= 0.3 is 0 Å². The molecule has 1 aliphatic heterocycles. The molecule has 1 saturated heterocycles. The topological polar surface area (TPSA) is 84.9 Å². The molecule has 0 unspecified atom stereocenters. The van der Waals surface area contributed by atoms with Crippen molar-refractivity contribution < 1.29 is 22.7 Å². The number of benzene rings is 1. The molecular formula is C17H26N2O5S. The second-order valence-electron chi connectivity index (χ2n) is 6.09. The van der Waals surface area contributed by atoms with Crippen molar-refractivity contribution in [3.63, 3.8) is 0 Å². The van der Waals surface area contributed by atoms with Gasteiger partial charge in [-0.3, -0.25) is 4.79 Å². The van der Waals surface area contributed by atoms with E-state index in [0.717, 1.165) is 5.56 Å². The van der Waals surface area contributed by atoms with E-state index in [1.165, 1.54) is 10.6 Å². The van der Waals surface area contributed by atoms with E-state index in [1.54, 1.807) is 13.2 Å². The molecule has 0 bridgehead atoms. The summed E-state index contributed by atoms with van der Waals surface area (Å²) in [6.07, 6.45) is 2.59. The van der Waals surface area contributed by atoms with Crippen LogP contribution in [0.5, 0.6) is 5.75 Å². The molecule has 0 aromatic heterocycles. The van der Waals surface area contributed by atoms with Gasteiger partial charge in [-0.05, 0) is 18.9 Å². The number of carbonyl (C=O) groups is 1. The molecule has 25 heavy (non-hydrogen) atoms. The van der Waals surface area contributed by atoms with E-state index >= 15 is 0 Å². The molecule has 1 N–H and O–H groups in total. The van der Waals surface area contributed by atoms with Gasteiger partial charge in [0.25, 0.3) is 0 Å². The number of nitrogens with one attached hydrogen (secondary N) is 1. The molecule has 8 heteroatoms. The van der Waals surface area contributed by atoms with Crippen molar-refractivity contribution in [1.29, 1.82) is 0 Å². The van der Waals surface area contributed by atoms with E-state index in [4.69, 9.17) is 9.47 Å². The fourth-order valence-electron chi connectivity index (χ4n) is 2.79. The number of carbonyl (C=O) groups excluding carboxylic acids is 1. The summed E-state index contributed by atoms with van der Waals surface area (Å²) in [6.45, 7) is 1.89. The molecule has 140 valence electrons. The van der Waals surface area contributed by atoms with Crippen LogP contribution < -0.4 is 10.1 Å². The molecule has 1 heterocycles. The van der Waals surface area contributed by atoms with Gasteiger partial charge in [0.2, 0.25) is 15.9 Å². The second kappa shape index (κ2) is 9.17. The van der Waals surface area contributed by atoms with E-state index in [9.17, 15) is 13.2 Å². The predicted octanol–water partition coefficient (Wildman–Crippen LogP) is 1.000. The van der Waals surface area contributed by atoms with Crippen molar-refractivity contribution in [3.8, 4) is 5.75 Å². The summed E-state index contributed by atoms with van der Waals surface area (Å²) in [4.78, 5) is 12.1. The highest BCUT2D eigenvalue weighted by molar-refractivity contribution is 7.88. The third-order valence-electron chi connectivity index (χ3n) is 4.26. The van der Waals surface area contributed by atoms with Crippen LogP contribution in [0.1, 0.15) is 18.4 Å². The maximum Gasteiger partial charge on any atom is 0.223 e. The zero-order valence-electron chi connectivity index (χ0n) is 14.7. The SMILES string of the molecule is COc1ccccc1CN(CCNC(=O)C1CCOCC1)S(C)(=O)=O. The molecule has 1 amide bonds. The smallest absolute Gasteiger partial charge is 0.223 e. The zero-order valence-corrected chi connectivity index (χ0v) is 15.5. The standard InChI is InChI=1S/C17H26N2O5S/c1-23-16-6-4-3-5-15(16)13-19(25(2,21)22)10-9-18-17(20)14-7-11-24-12-8-14/h3-6,14H,7-13H2,1-2H3,(H,18,20). The van der Waals surface area contributed by atoms with Gasteiger partial charge in [0.1, 0.15) is 5.75 Å². The van der Waals surface area contributed by atoms with E-state index < -0.39 is 10.0 Å². The third-order valence-corrected chi connectivity index (χ3v) is 5.51. The molecule has 0 radical (unpaired) electrons. The fourth-order valence-corrected chi connectivity index (χ4v) is 3.59. The molecular weight excluding hydrogens is 344 g/mol. The van der Waals surface area contributed by atoms with Crippen molar-refractivity contribution in [1.82, 2.24) is 9.62 Å². The van der Waals surface area contributed by atoms with Gasteiger partial charge < -0.3 is 14.8 Å². The summed E-state index contributed by atoms with van der Waals surface area (Å²) >= 11 is 0. The summed E-state index contributed by atoms with van der Waals surface area (Å²) in [6, 6.07) is 7.30. The lowest BCUT2D eigenvalue weighted by Gasteiger charge is -2.23. The highest BCUT2D eigenvalue weighted by atomic mass is 32.2. The van der Waals surface area contributed by atoms with E-state index in [0.29, 0.717) is 31.8 Å². The van der Waals surface area contributed by atoms with Crippen LogP contribution in [0.3, 0.4) is 0 Å². The van der Waals surface area contributed by atoms with Crippen LogP contribution in [-0.2, 0) is 26.1 Å². The Morgan fingerprint density at radius 2 is 2.00 bits per heavy atom. The van der Waals surface area contributed by atoms with Crippen molar-refractivity contribution in [2.45, 2.75) is 19.4 Å². The zero-order chi connectivity index (χ0) is 18.3. The predicted molar refractivity (Wildman–Crippen MR) is 94.8 cm³/mol. The number of methoxy groups -OCH3 is 1. The number of hydrogen-bond donors (Lipinski definition) is 1. The van der Waals surface area contributed by atoms with Crippen LogP contribution in [-0.4, -0.2) is 58.3 Å². The van der Waals surface area contributed by atoms with Crippen LogP contribution in [0.4, 0.5) is 0 Å². The molecule has 1 aromatic rings. The van der Waals surface area contributed by atoms with Crippen LogP contribution in [0, 0.1) is 5.92 Å². The number of sulfonamides is 1. The summed E-state index contributed by atoms with van der Waals surface area (Å²) in [5.41, 5.74) is 0.784. The minimum Gasteiger partial charge on any atom is -0.496 e. The summed E-state index contributed by atoms with van der Waals surface area (Å²) in [5.74, 6) is 0.561. The quantitative estimate of drug-likeness (QED) is 0.738. The molecule has 1 fully saturated rings. The van der Waals surface area contributed by atoms with Crippen LogP contribution in [0.25, 0.3) is 0 Å². The van der Waals surface area contributed by atoms with Gasteiger partial charge in [0.05, 0.1) is 13.4 Å². The molecule has 1 aromatic carbocycles. The first-order valence-corrected chi connectivity index (χ1v) is 10.2. The number of rotatable bonds is 8. The summed E-state index contributed by atoms with van der Waals surface area (Å²) < 4.78 is 36.0. The number of hydrogen-bond acceptors (Lipinski definition) is 5. The monoisotopic (exact) mass is 370 g/mol. The Morgan fingerprint density at radius 3 is 2.64 bits per heavy atom. The molecule has 0 saturated carbocycles. The number of ether oxygens (including phenoxy) is 2. The first-order chi connectivity index (χ1) is 11.9. The molecule has 2 rings (SSSR count). The average molecular weight is 370 g/mol. The van der Waals surface area contributed by atoms with Gasteiger partial charge in [-0.2, -0.15) is 4.31 Å². The van der Waals surface area contributed by atoms with E-state index in [2.05, 4.69) is 5.32 Å². The van der Waals surface area contributed by atoms with Crippen molar-refractivity contribution in [3.05, 3.63) is 29.8 Å². The summed E-state index contributed by atoms with van der Waals surface area (Å²) in [7, 11) is -1.85. The summed E-state index contributed by atoms with van der Waals surface area (Å²) in [5, 5.41) is 2.84. The lowest BCUT2D eigenvalue weighted by atomic mass is 9.99. The van der Waals surface area contributed by atoms with Crippen LogP contribution in [0.2, 0.25) is 0 Å². The minimum atomic E-state index is -3.40. The Morgan fingerprint density at radius 1 is 1.32 bits per heavy atom. The van der Waals surface area contributed by atoms with Gasteiger partial charge in [0, 0.05) is 44.3 Å². The number of amides is 1. The van der Waals surface area contributed by atoms with Crippen LogP contribution >= 0.6 is 0 Å². The van der Waals surface area contributed by atoms with Gasteiger partial charge in [0.15, 0.2) is 0 Å². The lowest BCUT2D eigenvalue weighted by molar-refractivity contribution is -0.127.